The van der Waals surface area contributed by atoms with Gasteiger partial charge in [0.05, 0.1) is 33.2 Å². The summed E-state index contributed by atoms with van der Waals surface area (Å²) in [4.78, 5) is 29.6. The third-order valence-electron chi connectivity index (χ3n) is 4.80. The molecule has 2 aromatic carbocycles. The highest BCUT2D eigenvalue weighted by molar-refractivity contribution is 9.11. The molecule has 174 valence electrons. The lowest BCUT2D eigenvalue weighted by Crippen LogP contribution is -2.25. The number of fused-ring (bicyclic) bond motifs is 1. The molecule has 1 heterocycles. The smallest absolute Gasteiger partial charge is 0.346 e. The number of carbonyl (C=O) groups is 1. The number of unbranched alkanes of at least 4 members (excludes halogenated alkanes) is 1. The van der Waals surface area contributed by atoms with Crippen molar-refractivity contribution in [3.8, 4) is 5.75 Å². The van der Waals surface area contributed by atoms with Gasteiger partial charge >= 0.3 is 5.97 Å². The highest BCUT2D eigenvalue weighted by Gasteiger charge is 2.19. The van der Waals surface area contributed by atoms with E-state index in [0.717, 1.165) is 22.9 Å². The lowest BCUT2D eigenvalue weighted by molar-refractivity contribution is -0.147. The predicted octanol–water partition coefficient (Wildman–Crippen LogP) is 5.85. The van der Waals surface area contributed by atoms with Crippen molar-refractivity contribution in [2.24, 2.45) is 5.10 Å². The van der Waals surface area contributed by atoms with Crippen LogP contribution in [0.3, 0.4) is 0 Å². The van der Waals surface area contributed by atoms with Crippen LogP contribution >= 0.6 is 47.8 Å². The van der Waals surface area contributed by atoms with Gasteiger partial charge in [0, 0.05) is 10.9 Å². The van der Waals surface area contributed by atoms with Gasteiger partial charge in [0.15, 0.2) is 6.10 Å². The Kier molecular flexibility index (Phi) is 8.83. The summed E-state index contributed by atoms with van der Waals surface area (Å²) in [7, 11) is 1.31. The molecule has 0 aliphatic heterocycles. The standard InChI is InChI=1S/C23H22Br3N3O4/c1-4-5-6-20-28-19-8-7-15(24)11-16(19)22(30)29(20)27-12-14-9-17(25)21(18(26)10-14)33-13(2)23(31)32-3/h7-13H,4-6H2,1-3H3/t13-/m0/s1. The molecule has 0 saturated heterocycles. The molecular weight excluding hydrogens is 622 g/mol. The summed E-state index contributed by atoms with van der Waals surface area (Å²) in [5.41, 5.74) is 1.13. The number of methoxy groups -OCH3 is 1. The maximum absolute atomic E-state index is 13.2. The molecule has 0 radical (unpaired) electrons. The second-order valence-electron chi connectivity index (χ2n) is 7.25. The number of hydrogen-bond acceptors (Lipinski definition) is 6. The fraction of sp³-hybridized carbons (Fsp3) is 0.304. The zero-order valence-corrected chi connectivity index (χ0v) is 23.0. The molecule has 1 aromatic heterocycles. The van der Waals surface area contributed by atoms with Gasteiger partial charge < -0.3 is 9.47 Å². The van der Waals surface area contributed by atoms with Crippen molar-refractivity contribution in [3.63, 3.8) is 0 Å². The summed E-state index contributed by atoms with van der Waals surface area (Å²) >= 11 is 10.4. The number of halogens is 3. The van der Waals surface area contributed by atoms with Gasteiger partial charge in [-0.3, -0.25) is 4.79 Å². The number of rotatable bonds is 8. The van der Waals surface area contributed by atoms with Crippen LogP contribution in [-0.2, 0) is 16.0 Å². The van der Waals surface area contributed by atoms with Gasteiger partial charge in [-0.25, -0.2) is 9.78 Å². The maximum Gasteiger partial charge on any atom is 0.346 e. The highest BCUT2D eigenvalue weighted by Crippen LogP contribution is 2.35. The number of nitrogens with zero attached hydrogens (tertiary/aromatic N) is 3. The Morgan fingerprint density at radius 3 is 2.55 bits per heavy atom. The Hall–Kier alpha value is -2.04. The molecule has 0 saturated carbocycles. The van der Waals surface area contributed by atoms with E-state index in [2.05, 4.69) is 64.8 Å². The molecule has 3 aromatic rings. The third-order valence-corrected chi connectivity index (χ3v) is 6.47. The molecule has 0 N–H and O–H groups in total. The van der Waals surface area contributed by atoms with Gasteiger partial charge in [-0.05, 0) is 81.1 Å². The summed E-state index contributed by atoms with van der Waals surface area (Å²) in [6.45, 7) is 3.69. The first-order valence-electron chi connectivity index (χ1n) is 10.2. The second-order valence-corrected chi connectivity index (χ2v) is 9.88. The summed E-state index contributed by atoms with van der Waals surface area (Å²) in [5.74, 6) is 0.592. The zero-order valence-electron chi connectivity index (χ0n) is 18.3. The maximum atomic E-state index is 13.2. The Morgan fingerprint density at radius 2 is 1.91 bits per heavy atom. The average molecular weight is 644 g/mol. The fourth-order valence-electron chi connectivity index (χ4n) is 3.09. The van der Waals surface area contributed by atoms with Gasteiger partial charge in [0.2, 0.25) is 0 Å². The van der Waals surface area contributed by atoms with Crippen LogP contribution in [0.4, 0.5) is 0 Å². The van der Waals surface area contributed by atoms with Crippen molar-refractivity contribution in [1.82, 2.24) is 9.66 Å². The topological polar surface area (TPSA) is 82.8 Å². The monoisotopic (exact) mass is 641 g/mol. The van der Waals surface area contributed by atoms with E-state index in [1.807, 2.05) is 12.1 Å². The zero-order chi connectivity index (χ0) is 24.1. The van der Waals surface area contributed by atoms with Crippen molar-refractivity contribution in [2.45, 2.75) is 39.2 Å². The molecule has 3 rings (SSSR count). The van der Waals surface area contributed by atoms with Crippen LogP contribution in [0.15, 0.2) is 53.6 Å². The van der Waals surface area contributed by atoms with Gasteiger partial charge in [-0.2, -0.15) is 9.78 Å². The van der Waals surface area contributed by atoms with Crippen LogP contribution < -0.4 is 10.3 Å². The SMILES string of the molecule is CCCCc1nc2ccc(Br)cc2c(=O)n1N=Cc1cc(Br)c(O[C@@H](C)C(=O)OC)c(Br)c1. The number of benzene rings is 2. The summed E-state index contributed by atoms with van der Waals surface area (Å²) in [5, 5.41) is 4.96. The van der Waals surface area contributed by atoms with E-state index in [4.69, 9.17) is 9.47 Å². The molecule has 0 bridgehead atoms. The molecule has 0 aliphatic carbocycles. The number of hydrogen-bond donors (Lipinski definition) is 0. The number of aromatic nitrogens is 2. The van der Waals surface area contributed by atoms with Gasteiger partial charge in [0.25, 0.3) is 5.56 Å². The first kappa shape index (κ1) is 25.6. The first-order valence-corrected chi connectivity index (χ1v) is 12.6. The minimum atomic E-state index is -0.773. The highest BCUT2D eigenvalue weighted by atomic mass is 79.9. The minimum absolute atomic E-state index is 0.228. The van der Waals surface area contributed by atoms with Crippen molar-refractivity contribution in [1.29, 1.82) is 0 Å². The largest absolute Gasteiger partial charge is 0.477 e. The van der Waals surface area contributed by atoms with Crippen molar-refractivity contribution in [3.05, 3.63) is 65.5 Å². The Bertz CT molecular complexity index is 1250. The van der Waals surface area contributed by atoms with Gasteiger partial charge in [0.1, 0.15) is 11.6 Å². The number of esters is 1. The van der Waals surface area contributed by atoms with E-state index in [-0.39, 0.29) is 5.56 Å². The van der Waals surface area contributed by atoms with Crippen LogP contribution in [0.25, 0.3) is 10.9 Å². The fourth-order valence-corrected chi connectivity index (χ4v) is 4.86. The lowest BCUT2D eigenvalue weighted by Gasteiger charge is -2.15. The molecule has 7 nitrogen and oxygen atoms in total. The van der Waals surface area contributed by atoms with E-state index in [1.165, 1.54) is 11.8 Å². The molecular formula is C23H22Br3N3O4. The van der Waals surface area contributed by atoms with Gasteiger partial charge in [-0.1, -0.05) is 29.3 Å². The Balaban J connectivity index is 2.00. The summed E-state index contributed by atoms with van der Waals surface area (Å²) in [6, 6.07) is 9.02. The number of ether oxygens (including phenoxy) is 2. The quantitative estimate of drug-likeness (QED) is 0.227. The molecule has 10 heteroatoms. The van der Waals surface area contributed by atoms with Crippen LogP contribution in [0.5, 0.6) is 5.75 Å². The molecule has 0 unspecified atom stereocenters. The van der Waals surface area contributed by atoms with Crippen LogP contribution in [-0.4, -0.2) is 35.1 Å². The van der Waals surface area contributed by atoms with Crippen molar-refractivity contribution >= 4 is 70.9 Å². The van der Waals surface area contributed by atoms with E-state index in [0.29, 0.717) is 37.8 Å². The number of carbonyl (C=O) groups excluding carboxylic acids is 1. The lowest BCUT2D eigenvalue weighted by atomic mass is 10.2. The van der Waals surface area contributed by atoms with E-state index in [1.54, 1.807) is 31.3 Å². The normalized spacial score (nSPS) is 12.3. The molecule has 33 heavy (non-hydrogen) atoms. The van der Waals surface area contributed by atoms with Crippen LogP contribution in [0.2, 0.25) is 0 Å². The molecule has 0 aliphatic rings. The average Bonchev–Trinajstić information content (AvgIpc) is 2.79. The van der Waals surface area contributed by atoms with E-state index in [9.17, 15) is 9.59 Å². The van der Waals surface area contributed by atoms with Crippen LogP contribution in [0.1, 0.15) is 38.1 Å². The van der Waals surface area contributed by atoms with Crippen LogP contribution in [0, 0.1) is 0 Å². The van der Waals surface area contributed by atoms with Gasteiger partial charge in [-0.15, -0.1) is 0 Å². The second kappa shape index (κ2) is 11.4. The summed E-state index contributed by atoms with van der Waals surface area (Å²) < 4.78 is 13.8. The van der Waals surface area contributed by atoms with E-state index >= 15 is 0 Å². The molecule has 1 atom stereocenters. The molecule has 0 spiro atoms. The Morgan fingerprint density at radius 1 is 1.21 bits per heavy atom. The van der Waals surface area contributed by atoms with Crippen molar-refractivity contribution < 1.29 is 14.3 Å². The van der Waals surface area contributed by atoms with Crippen molar-refractivity contribution in [2.75, 3.05) is 7.11 Å². The predicted molar refractivity (Wildman–Crippen MR) is 139 cm³/mol. The summed E-state index contributed by atoms with van der Waals surface area (Å²) in [6.07, 6.45) is 3.32. The first-order chi connectivity index (χ1) is 15.7. The molecule has 0 amide bonds. The molecule has 0 fully saturated rings. The Labute approximate surface area is 216 Å². The minimum Gasteiger partial charge on any atom is -0.477 e. The third kappa shape index (κ3) is 6.10. The van der Waals surface area contributed by atoms with E-state index < -0.39 is 12.1 Å². The number of aryl methyl sites for hydroxylation is 1.